The molecule has 1 heterocycles. The van der Waals surface area contributed by atoms with Gasteiger partial charge in [0.25, 0.3) is 0 Å². The Bertz CT molecular complexity index is 1010. The number of aromatic nitrogens is 1. The van der Waals surface area contributed by atoms with E-state index in [1.165, 1.54) is 4.90 Å². The van der Waals surface area contributed by atoms with Gasteiger partial charge in [-0.2, -0.15) is 4.89 Å². The summed E-state index contributed by atoms with van der Waals surface area (Å²) in [5.74, 6) is 0.144. The minimum absolute atomic E-state index is 0.244. The molecular weight excluding hydrogens is 394 g/mol. The van der Waals surface area contributed by atoms with Crippen molar-refractivity contribution in [2.75, 3.05) is 23.9 Å². The van der Waals surface area contributed by atoms with Crippen molar-refractivity contribution in [3.63, 3.8) is 0 Å². The Hall–Kier alpha value is -3.71. The van der Waals surface area contributed by atoms with E-state index in [4.69, 9.17) is 0 Å². The van der Waals surface area contributed by atoms with Crippen molar-refractivity contribution < 1.29 is 19.4 Å². The highest BCUT2D eigenvalue weighted by Crippen LogP contribution is 2.22. The van der Waals surface area contributed by atoms with Crippen molar-refractivity contribution in [2.45, 2.75) is 19.8 Å². The second-order valence-electron chi connectivity index (χ2n) is 6.80. The predicted octanol–water partition coefficient (Wildman–Crippen LogP) is 4.84. The minimum Gasteiger partial charge on any atom is -0.308 e. The highest BCUT2D eigenvalue weighted by atomic mass is 17.2. The van der Waals surface area contributed by atoms with Gasteiger partial charge in [-0.05, 0) is 43.2 Å². The topological polar surface area (TPSA) is 80.8 Å². The van der Waals surface area contributed by atoms with Gasteiger partial charge in [0.05, 0.1) is 18.7 Å². The van der Waals surface area contributed by atoms with Gasteiger partial charge in [0.1, 0.15) is 5.82 Å². The third kappa shape index (κ3) is 6.38. The molecule has 2 amide bonds. The van der Waals surface area contributed by atoms with Crippen molar-refractivity contribution in [3.8, 4) is 11.3 Å². The maximum Gasteiger partial charge on any atom is 0.342 e. The summed E-state index contributed by atoms with van der Waals surface area (Å²) in [7, 11) is 1.68. The van der Waals surface area contributed by atoms with Crippen LogP contribution < -0.4 is 10.2 Å². The Morgan fingerprint density at radius 2 is 1.71 bits per heavy atom. The zero-order chi connectivity index (χ0) is 22.1. The number of benzene rings is 2. The van der Waals surface area contributed by atoms with E-state index in [1.54, 1.807) is 20.0 Å². The molecule has 2 aromatic carbocycles. The highest BCUT2D eigenvalue weighted by Gasteiger charge is 2.13. The normalized spacial score (nSPS) is 10.4. The number of nitrogens with one attached hydrogen (secondary N) is 1. The summed E-state index contributed by atoms with van der Waals surface area (Å²) in [5.41, 5.74) is 3.39. The van der Waals surface area contributed by atoms with E-state index >= 15 is 0 Å². The molecule has 1 N–H and O–H groups in total. The van der Waals surface area contributed by atoms with Crippen LogP contribution >= 0.6 is 0 Å². The van der Waals surface area contributed by atoms with Gasteiger partial charge in [0, 0.05) is 18.3 Å². The van der Waals surface area contributed by atoms with Crippen LogP contribution in [0.1, 0.15) is 18.9 Å². The molecule has 0 atom stereocenters. The van der Waals surface area contributed by atoms with Gasteiger partial charge < -0.3 is 5.32 Å². The number of aryl methyl sites for hydroxylation is 1. The van der Waals surface area contributed by atoms with Crippen LogP contribution in [0.25, 0.3) is 11.3 Å². The Kier molecular flexibility index (Phi) is 7.73. The van der Waals surface area contributed by atoms with Gasteiger partial charge in [-0.25, -0.2) is 14.6 Å². The SMILES string of the molecule is CCOOC(=O)CCc1ccc(-c2cccc(N(C)C(=O)Nc3ccccc3)n2)cc1. The Labute approximate surface area is 181 Å². The maximum atomic E-state index is 12.5. The lowest BCUT2D eigenvalue weighted by Gasteiger charge is -2.18. The number of carbonyl (C=O) groups is 2. The van der Waals surface area contributed by atoms with E-state index in [9.17, 15) is 9.59 Å². The summed E-state index contributed by atoms with van der Waals surface area (Å²) in [6.07, 6.45) is 0.802. The number of carbonyl (C=O) groups excluding carboxylic acids is 2. The van der Waals surface area contributed by atoms with Crippen LogP contribution in [0.4, 0.5) is 16.3 Å². The summed E-state index contributed by atoms with van der Waals surface area (Å²) in [6.45, 7) is 2.08. The van der Waals surface area contributed by atoms with Gasteiger partial charge in [-0.1, -0.05) is 48.5 Å². The fourth-order valence-corrected chi connectivity index (χ4v) is 2.86. The quantitative estimate of drug-likeness (QED) is 0.417. The summed E-state index contributed by atoms with van der Waals surface area (Å²) in [4.78, 5) is 39.4. The van der Waals surface area contributed by atoms with Crippen molar-refractivity contribution in [3.05, 3.63) is 78.4 Å². The largest absolute Gasteiger partial charge is 0.342 e. The first-order chi connectivity index (χ1) is 15.1. The second kappa shape index (κ2) is 10.9. The van der Waals surface area contributed by atoms with Crippen molar-refractivity contribution >= 4 is 23.5 Å². The molecule has 160 valence electrons. The average molecular weight is 419 g/mol. The number of para-hydroxylation sites is 1. The van der Waals surface area contributed by atoms with E-state index < -0.39 is 5.97 Å². The summed E-state index contributed by atoms with van der Waals surface area (Å²) < 4.78 is 0. The number of amides is 2. The molecule has 0 saturated heterocycles. The number of nitrogens with zero attached hydrogens (tertiary/aromatic N) is 2. The number of pyridine rings is 1. The van der Waals surface area contributed by atoms with Gasteiger partial charge >= 0.3 is 12.0 Å². The Morgan fingerprint density at radius 1 is 0.968 bits per heavy atom. The molecule has 0 unspecified atom stereocenters. The summed E-state index contributed by atoms with van der Waals surface area (Å²) >= 11 is 0. The molecule has 7 heteroatoms. The Balaban J connectivity index is 1.64. The molecular formula is C24H25N3O4. The number of anilines is 2. The minimum atomic E-state index is -0.392. The van der Waals surface area contributed by atoms with Crippen LogP contribution in [0.5, 0.6) is 0 Å². The number of hydrogen-bond donors (Lipinski definition) is 1. The third-order valence-corrected chi connectivity index (χ3v) is 4.54. The molecule has 0 aliphatic rings. The molecule has 0 aliphatic heterocycles. The zero-order valence-electron chi connectivity index (χ0n) is 17.6. The van der Waals surface area contributed by atoms with Crippen molar-refractivity contribution in [1.82, 2.24) is 4.98 Å². The first-order valence-electron chi connectivity index (χ1n) is 10.0. The Morgan fingerprint density at radius 3 is 2.42 bits per heavy atom. The lowest BCUT2D eigenvalue weighted by atomic mass is 10.1. The van der Waals surface area contributed by atoms with Gasteiger partial charge in [-0.15, -0.1) is 0 Å². The monoisotopic (exact) mass is 419 g/mol. The third-order valence-electron chi connectivity index (χ3n) is 4.54. The van der Waals surface area contributed by atoms with Gasteiger partial charge in [0.15, 0.2) is 0 Å². The van der Waals surface area contributed by atoms with Crippen molar-refractivity contribution in [2.24, 2.45) is 0 Å². The number of rotatable bonds is 8. The summed E-state index contributed by atoms with van der Waals surface area (Å²) in [5, 5.41) is 2.84. The molecule has 7 nitrogen and oxygen atoms in total. The molecule has 0 spiro atoms. The number of urea groups is 1. The van der Waals surface area contributed by atoms with Crippen LogP contribution in [0.15, 0.2) is 72.8 Å². The molecule has 1 aromatic heterocycles. The fraction of sp³-hybridized carbons (Fsp3) is 0.208. The molecule has 0 bridgehead atoms. The van der Waals surface area contributed by atoms with E-state index in [-0.39, 0.29) is 12.5 Å². The lowest BCUT2D eigenvalue weighted by molar-refractivity contribution is -0.269. The molecule has 31 heavy (non-hydrogen) atoms. The molecule has 0 saturated carbocycles. The zero-order valence-corrected chi connectivity index (χ0v) is 17.6. The average Bonchev–Trinajstić information content (AvgIpc) is 2.82. The van der Waals surface area contributed by atoms with E-state index in [1.807, 2.05) is 66.7 Å². The first-order valence-corrected chi connectivity index (χ1v) is 10.0. The van der Waals surface area contributed by atoms with Gasteiger partial charge in [-0.3, -0.25) is 9.79 Å². The van der Waals surface area contributed by atoms with E-state index in [0.29, 0.717) is 18.8 Å². The lowest BCUT2D eigenvalue weighted by Crippen LogP contribution is -2.31. The molecule has 0 fully saturated rings. The molecule has 0 aliphatic carbocycles. The van der Waals surface area contributed by atoms with Crippen LogP contribution in [-0.2, 0) is 21.0 Å². The molecule has 0 radical (unpaired) electrons. The number of hydrogen-bond acceptors (Lipinski definition) is 5. The molecule has 3 aromatic rings. The van der Waals surface area contributed by atoms with E-state index in [0.717, 1.165) is 22.5 Å². The smallest absolute Gasteiger partial charge is 0.308 e. The molecule has 3 rings (SSSR count). The van der Waals surface area contributed by atoms with Crippen molar-refractivity contribution in [1.29, 1.82) is 0 Å². The predicted molar refractivity (Wildman–Crippen MR) is 120 cm³/mol. The summed E-state index contributed by atoms with van der Waals surface area (Å²) in [6, 6.07) is 22.3. The van der Waals surface area contributed by atoms with Crippen LogP contribution in [-0.4, -0.2) is 30.6 Å². The highest BCUT2D eigenvalue weighted by molar-refractivity contribution is 6.00. The van der Waals surface area contributed by atoms with Crippen LogP contribution in [0, 0.1) is 0 Å². The van der Waals surface area contributed by atoms with E-state index in [2.05, 4.69) is 20.1 Å². The fourth-order valence-electron chi connectivity index (χ4n) is 2.86. The first kappa shape index (κ1) is 22.0. The standard InChI is InChI=1S/C24H25N3O4/c1-3-30-31-23(28)17-14-18-12-15-19(16-13-18)21-10-7-11-22(26-21)27(2)24(29)25-20-8-5-4-6-9-20/h4-13,15-16H,3,14,17H2,1-2H3,(H,25,29). The van der Waals surface area contributed by atoms with Gasteiger partial charge in [0.2, 0.25) is 0 Å². The van der Waals surface area contributed by atoms with Crippen LogP contribution in [0.2, 0.25) is 0 Å². The maximum absolute atomic E-state index is 12.5. The van der Waals surface area contributed by atoms with Crippen LogP contribution in [0.3, 0.4) is 0 Å². The second-order valence-corrected chi connectivity index (χ2v) is 6.80.